The van der Waals surface area contributed by atoms with Gasteiger partial charge in [0.1, 0.15) is 6.61 Å². The van der Waals surface area contributed by atoms with E-state index in [2.05, 4.69) is 20.8 Å². The van der Waals surface area contributed by atoms with E-state index in [-0.39, 0.29) is 11.9 Å². The van der Waals surface area contributed by atoms with Crippen LogP contribution in [0.5, 0.6) is 5.75 Å². The van der Waals surface area contributed by atoms with E-state index in [0.717, 1.165) is 17.8 Å². The van der Waals surface area contributed by atoms with Gasteiger partial charge in [0.25, 0.3) is 5.91 Å². The highest BCUT2D eigenvalue weighted by Gasteiger charge is 2.20. The first kappa shape index (κ1) is 12.5. The zero-order valence-electron chi connectivity index (χ0n) is 11.1. The molecule has 1 unspecified atom stereocenters. The summed E-state index contributed by atoms with van der Waals surface area (Å²) >= 11 is 0. The number of benzene rings is 1. The molecule has 104 valence electrons. The predicted molar refractivity (Wildman–Crippen MR) is 74.9 cm³/mol. The molecule has 0 saturated carbocycles. The Morgan fingerprint density at radius 3 is 3.20 bits per heavy atom. The highest BCUT2D eigenvalue weighted by atomic mass is 16.5. The Morgan fingerprint density at radius 1 is 1.50 bits per heavy atom. The Morgan fingerprint density at radius 2 is 2.40 bits per heavy atom. The maximum atomic E-state index is 12.4. The van der Waals surface area contributed by atoms with Gasteiger partial charge in [-0.05, 0) is 19.1 Å². The Kier molecular flexibility index (Phi) is 3.28. The number of amides is 1. The van der Waals surface area contributed by atoms with Crippen molar-refractivity contribution in [1.29, 1.82) is 0 Å². The second-order valence-electron chi connectivity index (χ2n) is 4.68. The smallest absolute Gasteiger partial charge is 0.255 e. The van der Waals surface area contributed by atoms with Crippen LogP contribution in [0.2, 0.25) is 0 Å². The molecular weight excluding hydrogens is 256 g/mol. The second-order valence-corrected chi connectivity index (χ2v) is 4.68. The molecule has 3 N–H and O–H groups in total. The minimum absolute atomic E-state index is 0.117. The number of aromatic nitrogens is 2. The topological polar surface area (TPSA) is 79.0 Å². The highest BCUT2D eigenvalue weighted by molar-refractivity contribution is 5.99. The van der Waals surface area contributed by atoms with E-state index in [9.17, 15) is 4.79 Å². The van der Waals surface area contributed by atoms with Gasteiger partial charge < -0.3 is 15.4 Å². The molecule has 0 aliphatic carbocycles. The van der Waals surface area contributed by atoms with Crippen LogP contribution in [0.1, 0.15) is 28.9 Å². The fourth-order valence-corrected chi connectivity index (χ4v) is 2.20. The second kappa shape index (κ2) is 5.24. The van der Waals surface area contributed by atoms with Crippen LogP contribution in [0.15, 0.2) is 30.6 Å². The summed E-state index contributed by atoms with van der Waals surface area (Å²) in [6.45, 7) is 3.23. The third-order valence-corrected chi connectivity index (χ3v) is 3.29. The van der Waals surface area contributed by atoms with Gasteiger partial charge in [0.2, 0.25) is 0 Å². The summed E-state index contributed by atoms with van der Waals surface area (Å²) in [5.41, 5.74) is 2.34. The normalized spacial score (nSPS) is 14.7. The van der Waals surface area contributed by atoms with Crippen molar-refractivity contribution in [3.63, 3.8) is 0 Å². The molecule has 6 heteroatoms. The SMILES string of the molecule is CC(NC(=O)c1cccc2c1OCCN2)c1cn[nH]c1. The lowest BCUT2D eigenvalue weighted by molar-refractivity contribution is 0.0936. The van der Waals surface area contributed by atoms with E-state index >= 15 is 0 Å². The van der Waals surface area contributed by atoms with Crippen molar-refractivity contribution in [1.82, 2.24) is 15.5 Å². The van der Waals surface area contributed by atoms with Gasteiger partial charge in [0.15, 0.2) is 5.75 Å². The number of nitrogens with zero attached hydrogens (tertiary/aromatic N) is 1. The van der Waals surface area contributed by atoms with Gasteiger partial charge in [-0.1, -0.05) is 6.07 Å². The summed E-state index contributed by atoms with van der Waals surface area (Å²) in [6.07, 6.45) is 3.47. The van der Waals surface area contributed by atoms with Crippen LogP contribution < -0.4 is 15.4 Å². The Labute approximate surface area is 116 Å². The first-order chi connectivity index (χ1) is 9.75. The van der Waals surface area contributed by atoms with Crippen molar-refractivity contribution >= 4 is 11.6 Å². The molecule has 0 spiro atoms. The highest BCUT2D eigenvalue weighted by Crippen LogP contribution is 2.31. The molecule has 0 saturated heterocycles. The van der Waals surface area contributed by atoms with Gasteiger partial charge in [-0.2, -0.15) is 5.10 Å². The Hall–Kier alpha value is -2.50. The fourth-order valence-electron chi connectivity index (χ4n) is 2.20. The van der Waals surface area contributed by atoms with Gasteiger partial charge in [0.05, 0.1) is 23.5 Å². The average molecular weight is 272 g/mol. The van der Waals surface area contributed by atoms with E-state index < -0.39 is 0 Å². The molecule has 2 heterocycles. The lowest BCUT2D eigenvalue weighted by Gasteiger charge is -2.22. The number of hydrogen-bond acceptors (Lipinski definition) is 4. The number of aromatic amines is 1. The fraction of sp³-hybridized carbons (Fsp3) is 0.286. The Bertz CT molecular complexity index is 610. The number of ether oxygens (including phenoxy) is 1. The molecule has 0 bridgehead atoms. The molecule has 20 heavy (non-hydrogen) atoms. The van der Waals surface area contributed by atoms with Crippen molar-refractivity contribution in [2.24, 2.45) is 0 Å². The summed E-state index contributed by atoms with van der Waals surface area (Å²) < 4.78 is 5.61. The van der Waals surface area contributed by atoms with Crippen molar-refractivity contribution in [3.05, 3.63) is 41.7 Å². The number of para-hydroxylation sites is 1. The first-order valence-corrected chi connectivity index (χ1v) is 6.55. The van der Waals surface area contributed by atoms with Gasteiger partial charge >= 0.3 is 0 Å². The van der Waals surface area contributed by atoms with Crippen LogP contribution in [-0.4, -0.2) is 29.3 Å². The quantitative estimate of drug-likeness (QED) is 0.794. The third-order valence-electron chi connectivity index (χ3n) is 3.29. The molecular formula is C14H16N4O2. The summed E-state index contributed by atoms with van der Waals surface area (Å²) in [5, 5.41) is 12.8. The molecule has 1 amide bonds. The van der Waals surface area contributed by atoms with Crippen LogP contribution in [-0.2, 0) is 0 Å². The minimum atomic E-state index is -0.153. The molecule has 6 nitrogen and oxygen atoms in total. The molecule has 1 aliphatic rings. The number of fused-ring (bicyclic) bond motifs is 1. The zero-order chi connectivity index (χ0) is 13.9. The number of rotatable bonds is 3. The minimum Gasteiger partial charge on any atom is -0.489 e. The molecule has 2 aromatic rings. The summed E-state index contributed by atoms with van der Waals surface area (Å²) in [5.74, 6) is 0.467. The molecule has 3 rings (SSSR count). The Balaban J connectivity index is 1.81. The van der Waals surface area contributed by atoms with Gasteiger partial charge in [-0.25, -0.2) is 0 Å². The largest absolute Gasteiger partial charge is 0.489 e. The lowest BCUT2D eigenvalue weighted by atomic mass is 10.1. The van der Waals surface area contributed by atoms with E-state index in [1.807, 2.05) is 19.1 Å². The van der Waals surface area contributed by atoms with Gasteiger partial charge in [0, 0.05) is 18.3 Å². The molecule has 0 radical (unpaired) electrons. The van der Waals surface area contributed by atoms with Crippen LogP contribution in [0.3, 0.4) is 0 Å². The third kappa shape index (κ3) is 2.32. The average Bonchev–Trinajstić information content (AvgIpc) is 3.01. The molecule has 1 aromatic heterocycles. The molecule has 0 fully saturated rings. The summed E-state index contributed by atoms with van der Waals surface area (Å²) in [6, 6.07) is 5.40. The van der Waals surface area contributed by atoms with Gasteiger partial charge in [-0.15, -0.1) is 0 Å². The first-order valence-electron chi connectivity index (χ1n) is 6.55. The number of anilines is 1. The number of carbonyl (C=O) groups is 1. The molecule has 1 aliphatic heterocycles. The molecule has 1 aromatic carbocycles. The number of hydrogen-bond donors (Lipinski definition) is 3. The van der Waals surface area contributed by atoms with Crippen LogP contribution >= 0.6 is 0 Å². The predicted octanol–water partition coefficient (Wildman–Crippen LogP) is 1.70. The van der Waals surface area contributed by atoms with Crippen molar-refractivity contribution in [2.75, 3.05) is 18.5 Å². The summed E-state index contributed by atoms with van der Waals surface area (Å²) in [4.78, 5) is 12.4. The standard InChI is InChI=1S/C14H16N4O2/c1-9(10-7-16-17-8-10)18-14(19)11-3-2-4-12-13(11)20-6-5-15-12/h2-4,7-9,15H,5-6H2,1H3,(H,16,17)(H,18,19). The van der Waals surface area contributed by atoms with Gasteiger partial charge in [-0.3, -0.25) is 9.89 Å². The van der Waals surface area contributed by atoms with Crippen LogP contribution in [0.4, 0.5) is 5.69 Å². The summed E-state index contributed by atoms with van der Waals surface area (Å²) in [7, 11) is 0. The van der Waals surface area contributed by atoms with Crippen LogP contribution in [0.25, 0.3) is 0 Å². The molecule has 1 atom stereocenters. The van der Waals surface area contributed by atoms with E-state index in [1.165, 1.54) is 0 Å². The van der Waals surface area contributed by atoms with Crippen molar-refractivity contribution < 1.29 is 9.53 Å². The number of H-pyrrole nitrogens is 1. The van der Waals surface area contributed by atoms with Crippen molar-refractivity contribution in [2.45, 2.75) is 13.0 Å². The lowest BCUT2D eigenvalue weighted by Crippen LogP contribution is -2.28. The maximum Gasteiger partial charge on any atom is 0.255 e. The van der Waals surface area contributed by atoms with Crippen molar-refractivity contribution in [3.8, 4) is 5.75 Å². The monoisotopic (exact) mass is 272 g/mol. The van der Waals surface area contributed by atoms with E-state index in [1.54, 1.807) is 18.5 Å². The van der Waals surface area contributed by atoms with E-state index in [4.69, 9.17) is 4.74 Å². The zero-order valence-corrected chi connectivity index (χ0v) is 11.1. The number of nitrogens with one attached hydrogen (secondary N) is 3. The maximum absolute atomic E-state index is 12.4. The number of carbonyl (C=O) groups excluding carboxylic acids is 1. The van der Waals surface area contributed by atoms with Crippen LogP contribution in [0, 0.1) is 0 Å². The van der Waals surface area contributed by atoms with E-state index in [0.29, 0.717) is 17.9 Å².